The summed E-state index contributed by atoms with van der Waals surface area (Å²) in [5.74, 6) is -1.20. The molecule has 0 aliphatic carbocycles. The molecular formula is C16H22F3N3O2. The molecule has 0 bridgehead atoms. The molecule has 0 radical (unpaired) electrons. The van der Waals surface area contributed by atoms with E-state index in [0.717, 1.165) is 38.4 Å². The SMILES string of the molecule is CCOCC12CCCN1C(COc1ccnc(C(F)(F)F)n1)CC2. The molecule has 5 nitrogen and oxygen atoms in total. The van der Waals surface area contributed by atoms with Gasteiger partial charge in [-0.25, -0.2) is 4.98 Å². The lowest BCUT2D eigenvalue weighted by Crippen LogP contribution is -2.47. The zero-order valence-electron chi connectivity index (χ0n) is 13.7. The summed E-state index contributed by atoms with van der Waals surface area (Å²) in [7, 11) is 0. The van der Waals surface area contributed by atoms with Gasteiger partial charge in [0, 0.05) is 30.5 Å². The molecule has 24 heavy (non-hydrogen) atoms. The van der Waals surface area contributed by atoms with E-state index in [0.29, 0.717) is 19.8 Å². The lowest BCUT2D eigenvalue weighted by Gasteiger charge is -2.34. The quantitative estimate of drug-likeness (QED) is 0.793. The van der Waals surface area contributed by atoms with Gasteiger partial charge in [-0.3, -0.25) is 4.90 Å². The number of fused-ring (bicyclic) bond motifs is 1. The van der Waals surface area contributed by atoms with Gasteiger partial charge in [0.2, 0.25) is 11.7 Å². The van der Waals surface area contributed by atoms with E-state index in [1.165, 1.54) is 6.07 Å². The van der Waals surface area contributed by atoms with E-state index in [1.54, 1.807) is 0 Å². The monoisotopic (exact) mass is 345 g/mol. The minimum atomic E-state index is -4.56. The van der Waals surface area contributed by atoms with Gasteiger partial charge in [-0.2, -0.15) is 18.2 Å². The summed E-state index contributed by atoms with van der Waals surface area (Å²) in [4.78, 5) is 9.11. The topological polar surface area (TPSA) is 47.5 Å². The minimum Gasteiger partial charge on any atom is -0.476 e. The minimum absolute atomic E-state index is 0.0289. The molecule has 1 aromatic rings. The summed E-state index contributed by atoms with van der Waals surface area (Å²) in [6.45, 7) is 4.71. The molecular weight excluding hydrogens is 323 g/mol. The molecule has 2 aliphatic heterocycles. The van der Waals surface area contributed by atoms with Crippen LogP contribution in [0.3, 0.4) is 0 Å². The Bertz CT molecular complexity index is 570. The van der Waals surface area contributed by atoms with Crippen LogP contribution in [0.5, 0.6) is 5.88 Å². The molecule has 2 atom stereocenters. The molecule has 3 rings (SSSR count). The molecule has 1 aromatic heterocycles. The van der Waals surface area contributed by atoms with Crippen LogP contribution in [0, 0.1) is 0 Å². The molecule has 0 aromatic carbocycles. The number of rotatable bonds is 6. The van der Waals surface area contributed by atoms with Crippen molar-refractivity contribution in [2.24, 2.45) is 0 Å². The number of halogens is 3. The van der Waals surface area contributed by atoms with E-state index < -0.39 is 12.0 Å². The molecule has 2 fully saturated rings. The van der Waals surface area contributed by atoms with Crippen LogP contribution < -0.4 is 4.74 Å². The van der Waals surface area contributed by atoms with Gasteiger partial charge in [0.25, 0.3) is 0 Å². The maximum atomic E-state index is 12.7. The summed E-state index contributed by atoms with van der Waals surface area (Å²) in [6, 6.07) is 1.55. The number of alkyl halides is 3. The molecule has 134 valence electrons. The van der Waals surface area contributed by atoms with Crippen LogP contribution in [0.25, 0.3) is 0 Å². The van der Waals surface area contributed by atoms with Gasteiger partial charge in [-0.1, -0.05) is 0 Å². The maximum absolute atomic E-state index is 12.7. The van der Waals surface area contributed by atoms with Crippen molar-refractivity contribution in [1.29, 1.82) is 0 Å². The number of hydrogen-bond donors (Lipinski definition) is 0. The summed E-state index contributed by atoms with van der Waals surface area (Å²) < 4.78 is 49.2. The van der Waals surface area contributed by atoms with Gasteiger partial charge >= 0.3 is 6.18 Å². The van der Waals surface area contributed by atoms with E-state index in [2.05, 4.69) is 14.9 Å². The summed E-state index contributed by atoms with van der Waals surface area (Å²) >= 11 is 0. The molecule has 2 saturated heterocycles. The van der Waals surface area contributed by atoms with Crippen molar-refractivity contribution in [3.63, 3.8) is 0 Å². The van der Waals surface area contributed by atoms with Crippen molar-refractivity contribution >= 4 is 0 Å². The zero-order chi connectivity index (χ0) is 17.2. The Morgan fingerprint density at radius 1 is 1.38 bits per heavy atom. The highest BCUT2D eigenvalue weighted by Crippen LogP contribution is 2.42. The Morgan fingerprint density at radius 3 is 2.96 bits per heavy atom. The van der Waals surface area contributed by atoms with Crippen molar-refractivity contribution in [3.8, 4) is 5.88 Å². The van der Waals surface area contributed by atoms with Gasteiger partial charge in [0.05, 0.1) is 6.61 Å². The Balaban J connectivity index is 1.62. The molecule has 0 N–H and O–H groups in total. The van der Waals surface area contributed by atoms with Crippen LogP contribution in [0.15, 0.2) is 12.3 Å². The molecule has 8 heteroatoms. The first-order chi connectivity index (χ1) is 11.4. The average Bonchev–Trinajstić information content (AvgIpc) is 3.10. The molecule has 0 spiro atoms. The molecule has 0 amide bonds. The van der Waals surface area contributed by atoms with Crippen LogP contribution in [0.4, 0.5) is 13.2 Å². The van der Waals surface area contributed by atoms with E-state index in [9.17, 15) is 13.2 Å². The van der Waals surface area contributed by atoms with Crippen LogP contribution in [-0.2, 0) is 10.9 Å². The Morgan fingerprint density at radius 2 is 2.21 bits per heavy atom. The van der Waals surface area contributed by atoms with Crippen molar-refractivity contribution < 1.29 is 22.6 Å². The molecule has 2 unspecified atom stereocenters. The summed E-state index contributed by atoms with van der Waals surface area (Å²) in [5, 5.41) is 0. The maximum Gasteiger partial charge on any atom is 0.451 e. The van der Waals surface area contributed by atoms with E-state index in [1.807, 2.05) is 6.92 Å². The van der Waals surface area contributed by atoms with Crippen molar-refractivity contribution in [2.45, 2.75) is 50.4 Å². The van der Waals surface area contributed by atoms with E-state index in [4.69, 9.17) is 9.47 Å². The predicted molar refractivity (Wildman–Crippen MR) is 80.7 cm³/mol. The van der Waals surface area contributed by atoms with Crippen LogP contribution in [0.1, 0.15) is 38.4 Å². The third-order valence-electron chi connectivity index (χ3n) is 4.92. The van der Waals surface area contributed by atoms with Gasteiger partial charge in [0.1, 0.15) is 6.61 Å². The van der Waals surface area contributed by atoms with Crippen molar-refractivity contribution in [1.82, 2.24) is 14.9 Å². The Labute approximate surface area is 139 Å². The van der Waals surface area contributed by atoms with E-state index in [-0.39, 0.29) is 17.5 Å². The fraction of sp³-hybridized carbons (Fsp3) is 0.750. The smallest absolute Gasteiger partial charge is 0.451 e. The first-order valence-electron chi connectivity index (χ1n) is 8.32. The normalized spacial score (nSPS) is 27.4. The third kappa shape index (κ3) is 3.49. The highest BCUT2D eigenvalue weighted by atomic mass is 19.4. The standard InChI is InChI=1S/C16H22F3N3O2/c1-2-23-11-15-6-3-9-22(15)12(4-7-15)10-24-13-5-8-20-14(21-13)16(17,18)19/h5,8,12H,2-4,6-7,9-11H2,1H3. The van der Waals surface area contributed by atoms with Gasteiger partial charge in [-0.05, 0) is 39.2 Å². The fourth-order valence-corrected chi connectivity index (χ4v) is 3.82. The summed E-state index contributed by atoms with van der Waals surface area (Å²) in [6.07, 6.45) is 0.747. The van der Waals surface area contributed by atoms with Crippen LogP contribution in [-0.4, -0.2) is 52.8 Å². The Kier molecular flexibility index (Phi) is 4.96. The number of nitrogens with zero attached hydrogens (tertiary/aromatic N) is 3. The average molecular weight is 345 g/mol. The van der Waals surface area contributed by atoms with Gasteiger partial charge in [-0.15, -0.1) is 0 Å². The zero-order valence-corrected chi connectivity index (χ0v) is 13.7. The molecule has 0 saturated carbocycles. The van der Waals surface area contributed by atoms with Crippen molar-refractivity contribution in [2.75, 3.05) is 26.4 Å². The summed E-state index contributed by atoms with van der Waals surface area (Å²) in [5.41, 5.74) is 0.0762. The van der Waals surface area contributed by atoms with E-state index >= 15 is 0 Å². The number of aromatic nitrogens is 2. The van der Waals surface area contributed by atoms with Gasteiger partial charge < -0.3 is 9.47 Å². The highest BCUT2D eigenvalue weighted by Gasteiger charge is 2.49. The first-order valence-corrected chi connectivity index (χ1v) is 8.32. The number of ether oxygens (including phenoxy) is 2. The second-order valence-corrected chi connectivity index (χ2v) is 6.38. The van der Waals surface area contributed by atoms with Gasteiger partial charge in [0.15, 0.2) is 0 Å². The molecule has 2 aliphatic rings. The largest absolute Gasteiger partial charge is 0.476 e. The first kappa shape index (κ1) is 17.4. The third-order valence-corrected chi connectivity index (χ3v) is 4.92. The highest BCUT2D eigenvalue weighted by molar-refractivity contribution is 5.11. The van der Waals surface area contributed by atoms with Crippen LogP contribution in [0.2, 0.25) is 0 Å². The Hall–Kier alpha value is -1.41. The van der Waals surface area contributed by atoms with Crippen molar-refractivity contribution in [3.05, 3.63) is 18.1 Å². The number of hydrogen-bond acceptors (Lipinski definition) is 5. The molecule has 3 heterocycles. The second-order valence-electron chi connectivity index (χ2n) is 6.38. The van der Waals surface area contributed by atoms with Crippen LogP contribution >= 0.6 is 0 Å². The second kappa shape index (κ2) is 6.84. The lowest BCUT2D eigenvalue weighted by atomic mass is 9.95. The fourth-order valence-electron chi connectivity index (χ4n) is 3.82. The predicted octanol–water partition coefficient (Wildman–Crippen LogP) is 2.91. The lowest BCUT2D eigenvalue weighted by molar-refractivity contribution is -0.145.